The van der Waals surface area contributed by atoms with Crippen LogP contribution in [0.25, 0.3) is 0 Å². The number of aromatic nitrogens is 1. The SMILES string of the molecule is C[NH+](C)CCNc1ncc([N+](=O)[O-])cc1[N+](=O)[O-]. The van der Waals surface area contributed by atoms with E-state index in [4.69, 9.17) is 0 Å². The molecule has 2 N–H and O–H groups in total. The van der Waals surface area contributed by atoms with Crippen molar-refractivity contribution < 1.29 is 14.7 Å². The number of hydrogen-bond donors (Lipinski definition) is 2. The van der Waals surface area contributed by atoms with Crippen LogP contribution in [0.2, 0.25) is 0 Å². The Labute approximate surface area is 103 Å². The van der Waals surface area contributed by atoms with E-state index in [0.29, 0.717) is 6.54 Å². The fourth-order valence-electron chi connectivity index (χ4n) is 1.25. The first-order valence-electron chi connectivity index (χ1n) is 5.23. The van der Waals surface area contributed by atoms with Crippen molar-refractivity contribution in [3.63, 3.8) is 0 Å². The summed E-state index contributed by atoms with van der Waals surface area (Å²) in [7, 11) is 3.89. The lowest BCUT2D eigenvalue weighted by Gasteiger charge is -2.08. The first-order chi connectivity index (χ1) is 8.41. The van der Waals surface area contributed by atoms with Gasteiger partial charge in [0.15, 0.2) is 0 Å². The number of nitrogens with one attached hydrogen (secondary N) is 2. The zero-order chi connectivity index (χ0) is 13.7. The van der Waals surface area contributed by atoms with Crippen LogP contribution in [0.15, 0.2) is 12.3 Å². The molecule has 1 aromatic rings. The largest absolute Gasteiger partial charge is 0.359 e. The molecule has 0 unspecified atom stereocenters. The maximum atomic E-state index is 10.8. The minimum atomic E-state index is -0.715. The molecular formula is C9H14N5O4+. The Morgan fingerprint density at radius 1 is 1.33 bits per heavy atom. The van der Waals surface area contributed by atoms with Crippen molar-refractivity contribution in [3.05, 3.63) is 32.5 Å². The highest BCUT2D eigenvalue weighted by Crippen LogP contribution is 2.25. The minimum absolute atomic E-state index is 0.0480. The van der Waals surface area contributed by atoms with E-state index in [-0.39, 0.29) is 5.82 Å². The molecule has 98 valence electrons. The van der Waals surface area contributed by atoms with Gasteiger partial charge in [-0.1, -0.05) is 0 Å². The molecule has 0 fully saturated rings. The number of likely N-dealkylation sites (N-methyl/N-ethyl adjacent to an activating group) is 1. The molecular weight excluding hydrogens is 242 g/mol. The monoisotopic (exact) mass is 256 g/mol. The molecule has 0 saturated heterocycles. The summed E-state index contributed by atoms with van der Waals surface area (Å²) in [5, 5.41) is 24.1. The van der Waals surface area contributed by atoms with Crippen LogP contribution in [-0.2, 0) is 0 Å². The average Bonchev–Trinajstić information content (AvgIpc) is 2.28. The zero-order valence-corrected chi connectivity index (χ0v) is 10.0. The van der Waals surface area contributed by atoms with Crippen molar-refractivity contribution in [1.82, 2.24) is 4.98 Å². The third-order valence-electron chi connectivity index (χ3n) is 2.18. The molecule has 0 saturated carbocycles. The van der Waals surface area contributed by atoms with E-state index in [1.165, 1.54) is 4.90 Å². The van der Waals surface area contributed by atoms with Crippen LogP contribution < -0.4 is 10.2 Å². The van der Waals surface area contributed by atoms with Gasteiger partial charge in [0, 0.05) is 0 Å². The van der Waals surface area contributed by atoms with Gasteiger partial charge < -0.3 is 10.2 Å². The number of anilines is 1. The van der Waals surface area contributed by atoms with Gasteiger partial charge in [-0.25, -0.2) is 4.98 Å². The van der Waals surface area contributed by atoms with E-state index < -0.39 is 21.2 Å². The molecule has 1 heterocycles. The molecule has 1 aromatic heterocycles. The quantitative estimate of drug-likeness (QED) is 0.521. The van der Waals surface area contributed by atoms with Crippen LogP contribution in [0.4, 0.5) is 17.2 Å². The first-order valence-corrected chi connectivity index (χ1v) is 5.23. The third kappa shape index (κ3) is 3.63. The Hall–Kier alpha value is -2.29. The average molecular weight is 256 g/mol. The summed E-state index contributed by atoms with van der Waals surface area (Å²) in [5.41, 5.74) is -0.788. The van der Waals surface area contributed by atoms with Crippen LogP contribution in [0.1, 0.15) is 0 Å². The summed E-state index contributed by atoms with van der Waals surface area (Å²) in [5.74, 6) is 0.0480. The van der Waals surface area contributed by atoms with Crippen LogP contribution in [-0.4, -0.2) is 42.0 Å². The molecule has 0 aliphatic carbocycles. The van der Waals surface area contributed by atoms with E-state index >= 15 is 0 Å². The molecule has 9 nitrogen and oxygen atoms in total. The van der Waals surface area contributed by atoms with E-state index in [0.717, 1.165) is 18.8 Å². The van der Waals surface area contributed by atoms with E-state index in [2.05, 4.69) is 10.3 Å². The summed E-state index contributed by atoms with van der Waals surface area (Å²) >= 11 is 0. The second-order valence-electron chi connectivity index (χ2n) is 3.96. The van der Waals surface area contributed by atoms with Crippen molar-refractivity contribution in [2.24, 2.45) is 0 Å². The molecule has 0 amide bonds. The number of pyridine rings is 1. The van der Waals surface area contributed by atoms with E-state index in [1.807, 2.05) is 14.1 Å². The van der Waals surface area contributed by atoms with E-state index in [9.17, 15) is 20.2 Å². The molecule has 0 radical (unpaired) electrons. The number of rotatable bonds is 6. The summed E-state index contributed by atoms with van der Waals surface area (Å²) in [6.07, 6.45) is 0.998. The van der Waals surface area contributed by atoms with Crippen LogP contribution in [0.3, 0.4) is 0 Å². The molecule has 9 heteroatoms. The molecule has 0 atom stereocenters. The highest BCUT2D eigenvalue weighted by molar-refractivity contribution is 5.59. The first kappa shape index (κ1) is 13.8. The predicted molar refractivity (Wildman–Crippen MR) is 63.7 cm³/mol. The normalized spacial score (nSPS) is 10.4. The molecule has 1 rings (SSSR count). The lowest BCUT2D eigenvalue weighted by Crippen LogP contribution is -3.06. The van der Waals surface area contributed by atoms with Gasteiger partial charge in [-0.2, -0.15) is 0 Å². The number of hydrogen-bond acceptors (Lipinski definition) is 6. The second kappa shape index (κ2) is 5.87. The summed E-state index contributed by atoms with van der Waals surface area (Å²) < 4.78 is 0. The Balaban J connectivity index is 2.90. The fourth-order valence-corrected chi connectivity index (χ4v) is 1.25. The van der Waals surface area contributed by atoms with Gasteiger partial charge in [0.2, 0.25) is 5.82 Å². The fraction of sp³-hybridized carbons (Fsp3) is 0.444. The van der Waals surface area contributed by atoms with Gasteiger partial charge in [0.05, 0.1) is 43.1 Å². The second-order valence-corrected chi connectivity index (χ2v) is 3.96. The lowest BCUT2D eigenvalue weighted by atomic mass is 10.3. The van der Waals surface area contributed by atoms with Gasteiger partial charge in [-0.3, -0.25) is 20.2 Å². The number of quaternary nitrogens is 1. The maximum absolute atomic E-state index is 10.8. The van der Waals surface area contributed by atoms with Crippen molar-refractivity contribution in [1.29, 1.82) is 0 Å². The van der Waals surface area contributed by atoms with E-state index in [1.54, 1.807) is 0 Å². The number of nitrogens with zero attached hydrogens (tertiary/aromatic N) is 3. The van der Waals surface area contributed by atoms with Gasteiger partial charge in [-0.05, 0) is 0 Å². The molecule has 0 spiro atoms. The minimum Gasteiger partial charge on any atom is -0.359 e. The van der Waals surface area contributed by atoms with Crippen molar-refractivity contribution >= 4 is 17.2 Å². The molecule has 0 aliphatic heterocycles. The summed E-state index contributed by atoms with van der Waals surface area (Å²) in [6.45, 7) is 1.24. The Morgan fingerprint density at radius 3 is 2.50 bits per heavy atom. The van der Waals surface area contributed by atoms with Gasteiger partial charge in [-0.15, -0.1) is 0 Å². The molecule has 0 bridgehead atoms. The summed E-state index contributed by atoms with van der Waals surface area (Å²) in [4.78, 5) is 24.8. The Kier molecular flexibility index (Phi) is 4.49. The standard InChI is InChI=1S/C9H13N5O4/c1-12(2)4-3-10-9-8(14(17)18)5-7(6-11-9)13(15)16/h5-6H,3-4H2,1-2H3,(H,10,11)/p+1. The van der Waals surface area contributed by atoms with Crippen molar-refractivity contribution in [2.75, 3.05) is 32.5 Å². The van der Waals surface area contributed by atoms with Crippen molar-refractivity contribution in [2.45, 2.75) is 0 Å². The highest BCUT2D eigenvalue weighted by Gasteiger charge is 2.20. The maximum Gasteiger partial charge on any atom is 0.318 e. The molecule has 0 aliphatic rings. The Morgan fingerprint density at radius 2 is 2.00 bits per heavy atom. The molecule has 0 aromatic carbocycles. The van der Waals surface area contributed by atoms with Crippen LogP contribution in [0.5, 0.6) is 0 Å². The highest BCUT2D eigenvalue weighted by atomic mass is 16.6. The smallest absolute Gasteiger partial charge is 0.318 e. The summed E-state index contributed by atoms with van der Waals surface area (Å²) in [6, 6.07) is 0.901. The van der Waals surface area contributed by atoms with Gasteiger partial charge in [0.1, 0.15) is 6.20 Å². The van der Waals surface area contributed by atoms with Gasteiger partial charge >= 0.3 is 5.69 Å². The predicted octanol–water partition coefficient (Wildman–Crippen LogP) is -0.546. The van der Waals surface area contributed by atoms with Gasteiger partial charge in [0.25, 0.3) is 5.69 Å². The number of nitro groups is 2. The molecule has 18 heavy (non-hydrogen) atoms. The topological polar surface area (TPSA) is 116 Å². The van der Waals surface area contributed by atoms with Crippen LogP contribution in [0, 0.1) is 20.2 Å². The third-order valence-corrected chi connectivity index (χ3v) is 2.18. The lowest BCUT2D eigenvalue weighted by molar-refractivity contribution is -0.856. The van der Waals surface area contributed by atoms with Crippen LogP contribution >= 0.6 is 0 Å². The van der Waals surface area contributed by atoms with Crippen molar-refractivity contribution in [3.8, 4) is 0 Å². The zero-order valence-electron chi connectivity index (χ0n) is 10.0. The Bertz CT molecular complexity index is 462.